The quantitative estimate of drug-likeness (QED) is 0.437. The Morgan fingerprint density at radius 2 is 1.71 bits per heavy atom. The fourth-order valence-electron chi connectivity index (χ4n) is 5.80. The van der Waals surface area contributed by atoms with E-state index >= 15 is 0 Å². The molecule has 10 heteroatoms. The minimum absolute atomic E-state index is 0.0515. The number of carbonyl (C=O) groups excluding carboxylic acids is 2. The van der Waals surface area contributed by atoms with Crippen LogP contribution in [0.3, 0.4) is 0 Å². The van der Waals surface area contributed by atoms with Gasteiger partial charge in [0.1, 0.15) is 11.5 Å². The highest BCUT2D eigenvalue weighted by atomic mass is 19.4. The number of benzene rings is 2. The van der Waals surface area contributed by atoms with Gasteiger partial charge >= 0.3 is 6.18 Å². The molecule has 0 unspecified atom stereocenters. The molecule has 1 saturated heterocycles. The molecule has 2 fully saturated rings. The van der Waals surface area contributed by atoms with E-state index in [4.69, 9.17) is 9.47 Å². The van der Waals surface area contributed by atoms with Gasteiger partial charge in [0, 0.05) is 38.3 Å². The van der Waals surface area contributed by atoms with Crippen LogP contribution < -0.4 is 9.47 Å². The van der Waals surface area contributed by atoms with Crippen LogP contribution in [0.5, 0.6) is 11.5 Å². The maximum atomic E-state index is 14.1. The van der Waals surface area contributed by atoms with Crippen molar-refractivity contribution in [2.75, 3.05) is 33.8 Å². The van der Waals surface area contributed by atoms with E-state index in [1.54, 1.807) is 27.1 Å². The van der Waals surface area contributed by atoms with Crippen molar-refractivity contribution >= 4 is 11.8 Å². The Bertz CT molecular complexity index is 1240. The fourth-order valence-corrected chi connectivity index (χ4v) is 5.80. The smallest absolute Gasteiger partial charge is 0.430 e. The first-order valence-corrected chi connectivity index (χ1v) is 14.1. The average Bonchev–Trinajstić information content (AvgIpc) is 2.90. The summed E-state index contributed by atoms with van der Waals surface area (Å²) in [6.45, 7) is 4.16. The maximum Gasteiger partial charge on any atom is 0.430 e. The first-order chi connectivity index (χ1) is 19.3. The molecule has 0 radical (unpaired) electrons. The van der Waals surface area contributed by atoms with Gasteiger partial charge in [0.25, 0.3) is 17.4 Å². The maximum absolute atomic E-state index is 14.1. The van der Waals surface area contributed by atoms with Crippen molar-refractivity contribution in [3.63, 3.8) is 0 Å². The lowest BCUT2D eigenvalue weighted by atomic mass is 9.74. The molecule has 4 rings (SSSR count). The molecule has 0 aromatic heterocycles. The number of ether oxygens (including phenoxy) is 2. The molecule has 0 bridgehead atoms. The largest absolute Gasteiger partial charge is 0.494 e. The molecule has 1 N–H and O–H groups in total. The molecule has 1 aliphatic heterocycles. The van der Waals surface area contributed by atoms with Gasteiger partial charge in [-0.05, 0) is 93.7 Å². The molecular formula is C31H39F3N2O5. The molecule has 224 valence electrons. The van der Waals surface area contributed by atoms with Crippen LogP contribution >= 0.6 is 0 Å². The van der Waals surface area contributed by atoms with Gasteiger partial charge in [0.05, 0.1) is 12.7 Å². The first-order valence-electron chi connectivity index (χ1n) is 14.1. The molecular weight excluding hydrogens is 537 g/mol. The van der Waals surface area contributed by atoms with Crippen LogP contribution in [0.1, 0.15) is 60.5 Å². The summed E-state index contributed by atoms with van der Waals surface area (Å²) in [6.07, 6.45) is -1.22. The van der Waals surface area contributed by atoms with E-state index in [1.165, 1.54) is 17.0 Å². The summed E-state index contributed by atoms with van der Waals surface area (Å²) < 4.78 is 53.8. The molecule has 1 saturated carbocycles. The van der Waals surface area contributed by atoms with E-state index < -0.39 is 23.2 Å². The summed E-state index contributed by atoms with van der Waals surface area (Å²) >= 11 is 0. The molecule has 1 heterocycles. The number of halogens is 3. The van der Waals surface area contributed by atoms with Crippen LogP contribution in [0, 0.1) is 18.8 Å². The van der Waals surface area contributed by atoms with Crippen molar-refractivity contribution in [2.24, 2.45) is 11.8 Å². The zero-order valence-corrected chi connectivity index (χ0v) is 24.0. The molecule has 1 atom stereocenters. The summed E-state index contributed by atoms with van der Waals surface area (Å²) in [6, 6.07) is 10.5. The normalized spacial score (nSPS) is 21.0. The molecule has 0 spiro atoms. The Labute approximate surface area is 239 Å². The third kappa shape index (κ3) is 6.63. The van der Waals surface area contributed by atoms with E-state index in [0.29, 0.717) is 30.2 Å². The number of alkyl halides is 3. The number of carbonyl (C=O) groups is 2. The summed E-state index contributed by atoms with van der Waals surface area (Å²) in [4.78, 5) is 28.1. The number of piperidine rings is 1. The number of likely N-dealkylation sites (tertiary alicyclic amines) is 1. The van der Waals surface area contributed by atoms with Gasteiger partial charge < -0.3 is 24.4 Å². The van der Waals surface area contributed by atoms with Crippen molar-refractivity contribution in [1.29, 1.82) is 0 Å². The van der Waals surface area contributed by atoms with Crippen LogP contribution in [0.15, 0.2) is 42.5 Å². The molecule has 2 aromatic carbocycles. The van der Waals surface area contributed by atoms with E-state index in [1.807, 2.05) is 19.1 Å². The third-order valence-corrected chi connectivity index (χ3v) is 8.18. The van der Waals surface area contributed by atoms with E-state index in [0.717, 1.165) is 47.6 Å². The zero-order chi connectivity index (χ0) is 29.9. The number of hydrogen-bond donors (Lipinski definition) is 1. The third-order valence-electron chi connectivity index (χ3n) is 8.18. The SMILES string of the molecule is CCOc1cccc([C@@](O)(C(=O)N2CCC(C[C@H]3C[C@@H](Oc4ccc(C(=O)N(C)C)c(C)c4)C3)CC2)C(F)(F)F)c1. The number of hydrogen-bond acceptors (Lipinski definition) is 5. The van der Waals surface area contributed by atoms with Crippen molar-refractivity contribution < 1.29 is 37.3 Å². The Balaban J connectivity index is 1.28. The van der Waals surface area contributed by atoms with Gasteiger partial charge in [0.15, 0.2) is 0 Å². The molecule has 2 aromatic rings. The lowest BCUT2D eigenvalue weighted by Gasteiger charge is -2.41. The zero-order valence-electron chi connectivity index (χ0n) is 24.0. The minimum atomic E-state index is -5.19. The van der Waals surface area contributed by atoms with Gasteiger partial charge in [-0.25, -0.2) is 0 Å². The van der Waals surface area contributed by atoms with Gasteiger partial charge in [-0.15, -0.1) is 0 Å². The monoisotopic (exact) mass is 576 g/mol. The van der Waals surface area contributed by atoms with Crippen LogP contribution in [0.2, 0.25) is 0 Å². The van der Waals surface area contributed by atoms with Gasteiger partial charge in [-0.2, -0.15) is 13.2 Å². The Hall–Kier alpha value is -3.27. The predicted octanol–water partition coefficient (Wildman–Crippen LogP) is 5.33. The molecule has 2 amide bonds. The van der Waals surface area contributed by atoms with Crippen molar-refractivity contribution in [3.05, 3.63) is 59.2 Å². The topological polar surface area (TPSA) is 79.3 Å². The van der Waals surface area contributed by atoms with Crippen LogP contribution in [0.4, 0.5) is 13.2 Å². The van der Waals surface area contributed by atoms with E-state index in [-0.39, 0.29) is 37.5 Å². The van der Waals surface area contributed by atoms with Crippen molar-refractivity contribution in [1.82, 2.24) is 9.80 Å². The molecule has 1 aliphatic carbocycles. The van der Waals surface area contributed by atoms with Crippen molar-refractivity contribution in [3.8, 4) is 11.5 Å². The minimum Gasteiger partial charge on any atom is -0.494 e. The number of amides is 2. The van der Waals surface area contributed by atoms with Crippen molar-refractivity contribution in [2.45, 2.75) is 63.8 Å². The summed E-state index contributed by atoms with van der Waals surface area (Å²) in [7, 11) is 3.43. The number of rotatable bonds is 9. The second-order valence-corrected chi connectivity index (χ2v) is 11.4. The molecule has 7 nitrogen and oxygen atoms in total. The summed E-state index contributed by atoms with van der Waals surface area (Å²) in [5.74, 6) is 0.248. The van der Waals surface area contributed by atoms with E-state index in [9.17, 15) is 27.9 Å². The Morgan fingerprint density at radius 1 is 1.02 bits per heavy atom. The molecule has 2 aliphatic rings. The first kappa shape index (κ1) is 30.7. The average molecular weight is 577 g/mol. The van der Waals surface area contributed by atoms with Gasteiger partial charge in [-0.3, -0.25) is 9.59 Å². The number of nitrogens with zero attached hydrogens (tertiary/aromatic N) is 2. The highest BCUT2D eigenvalue weighted by molar-refractivity contribution is 5.95. The van der Waals surface area contributed by atoms with Crippen LogP contribution in [-0.2, 0) is 10.4 Å². The summed E-state index contributed by atoms with van der Waals surface area (Å²) in [5.41, 5.74) is -2.68. The van der Waals surface area contributed by atoms with Gasteiger partial charge in [-0.1, -0.05) is 12.1 Å². The predicted molar refractivity (Wildman–Crippen MR) is 148 cm³/mol. The van der Waals surface area contributed by atoms with Crippen LogP contribution in [-0.4, -0.2) is 72.8 Å². The number of aliphatic hydroxyl groups is 1. The second kappa shape index (κ2) is 12.3. The van der Waals surface area contributed by atoms with Gasteiger partial charge in [0.2, 0.25) is 0 Å². The highest BCUT2D eigenvalue weighted by Gasteiger charge is 2.62. The van der Waals surface area contributed by atoms with Crippen LogP contribution in [0.25, 0.3) is 0 Å². The number of aryl methyl sites for hydroxylation is 1. The standard InChI is InChI=1S/C31H39F3N2O5/c1-5-40-24-8-6-7-23(19-24)30(39,31(32,33)34)29(38)36-13-11-21(12-14-36)16-22-17-26(18-22)41-25-9-10-27(20(2)15-25)28(37)35(3)4/h6-10,15,19,21-22,26,39H,5,11-14,16-18H2,1-4H3/t22-,26+,30-/m1/s1. The lowest BCUT2D eigenvalue weighted by Crippen LogP contribution is -2.57. The highest BCUT2D eigenvalue weighted by Crippen LogP contribution is 2.43. The second-order valence-electron chi connectivity index (χ2n) is 11.4. The lowest BCUT2D eigenvalue weighted by molar-refractivity contribution is -0.262. The Kier molecular flexibility index (Phi) is 9.21. The summed E-state index contributed by atoms with van der Waals surface area (Å²) in [5, 5.41) is 10.8. The fraction of sp³-hybridized carbons (Fsp3) is 0.548. The van der Waals surface area contributed by atoms with E-state index in [2.05, 4.69) is 0 Å². The Morgan fingerprint density at radius 3 is 2.29 bits per heavy atom. The molecule has 41 heavy (non-hydrogen) atoms.